The van der Waals surface area contributed by atoms with Crippen LogP contribution in [0, 0.1) is 0 Å². The van der Waals surface area contributed by atoms with Crippen LogP contribution in [-0.4, -0.2) is 11.7 Å². The second kappa shape index (κ2) is 7.20. The van der Waals surface area contributed by atoms with Crippen molar-refractivity contribution in [3.63, 3.8) is 0 Å². The summed E-state index contributed by atoms with van der Waals surface area (Å²) in [6.07, 6.45) is 5.47. The number of carbonyl (C=O) groups is 1. The van der Waals surface area contributed by atoms with Gasteiger partial charge in [0.25, 0.3) is 11.7 Å². The summed E-state index contributed by atoms with van der Waals surface area (Å²) >= 11 is 0. The maximum absolute atomic E-state index is 12.7. The van der Waals surface area contributed by atoms with Crippen LogP contribution in [0.3, 0.4) is 0 Å². The highest BCUT2D eigenvalue weighted by Crippen LogP contribution is 2.47. The number of nitrogens with one attached hydrogen (secondary N) is 1. The minimum Gasteiger partial charge on any atom is -0.489 e. The fourth-order valence-electron chi connectivity index (χ4n) is 3.80. The number of hydrogen-bond donors (Lipinski definition) is 1. The van der Waals surface area contributed by atoms with Crippen molar-refractivity contribution >= 4 is 11.6 Å². The van der Waals surface area contributed by atoms with Crippen molar-refractivity contribution < 1.29 is 23.4 Å². The van der Waals surface area contributed by atoms with Crippen molar-refractivity contribution in [2.24, 2.45) is 0 Å². The van der Waals surface area contributed by atoms with Gasteiger partial charge in [-0.3, -0.25) is 4.79 Å². The van der Waals surface area contributed by atoms with Gasteiger partial charge in [0.2, 0.25) is 0 Å². The number of para-hydroxylation sites is 1. The first-order chi connectivity index (χ1) is 14.2. The summed E-state index contributed by atoms with van der Waals surface area (Å²) in [5.41, 5.74) is 1.30. The van der Waals surface area contributed by atoms with E-state index in [-0.39, 0.29) is 18.3 Å². The van der Waals surface area contributed by atoms with Crippen LogP contribution >= 0.6 is 0 Å². The van der Waals surface area contributed by atoms with Crippen molar-refractivity contribution in [2.45, 2.75) is 38.1 Å². The monoisotopic (exact) mass is 391 g/mol. The van der Waals surface area contributed by atoms with Gasteiger partial charge in [0.1, 0.15) is 12.4 Å². The number of hydrogen-bond acceptors (Lipinski definition) is 5. The van der Waals surface area contributed by atoms with E-state index in [4.69, 9.17) is 18.6 Å². The molecule has 3 aromatic rings. The van der Waals surface area contributed by atoms with Crippen LogP contribution in [0.25, 0.3) is 0 Å². The van der Waals surface area contributed by atoms with Gasteiger partial charge in [-0.15, -0.1) is 0 Å². The number of anilines is 1. The molecule has 1 aliphatic carbocycles. The number of ether oxygens (including phenoxy) is 3. The summed E-state index contributed by atoms with van der Waals surface area (Å²) in [6, 6.07) is 16.6. The summed E-state index contributed by atoms with van der Waals surface area (Å²) in [6.45, 7) is 0.243. The summed E-state index contributed by atoms with van der Waals surface area (Å²) < 4.78 is 23.2. The molecular formula is C23H21NO5. The molecule has 6 nitrogen and oxygen atoms in total. The molecule has 0 saturated heterocycles. The standard InChI is InChI=1S/C23H21NO5/c25-22(21-16(10-13-26-21)15-27-18-6-2-1-3-7-18)24-17-8-9-19-20(14-17)29-23(28-19)11-4-5-12-23/h1-3,6-10,13-14H,4-5,11-12,15H2,(H,24,25). The van der Waals surface area contributed by atoms with Crippen LogP contribution < -0.4 is 19.5 Å². The van der Waals surface area contributed by atoms with E-state index in [1.54, 1.807) is 18.2 Å². The van der Waals surface area contributed by atoms with Gasteiger partial charge in [-0.2, -0.15) is 0 Å². The molecule has 1 fully saturated rings. The minimum atomic E-state index is -0.520. The van der Waals surface area contributed by atoms with Gasteiger partial charge in [0.05, 0.1) is 6.26 Å². The normalized spacial score (nSPS) is 16.1. The van der Waals surface area contributed by atoms with Crippen molar-refractivity contribution in [2.75, 3.05) is 5.32 Å². The Morgan fingerprint density at radius 3 is 2.62 bits per heavy atom. The molecule has 1 saturated carbocycles. The molecule has 1 aliphatic heterocycles. The number of rotatable bonds is 5. The summed E-state index contributed by atoms with van der Waals surface area (Å²) in [7, 11) is 0. The van der Waals surface area contributed by atoms with E-state index in [1.165, 1.54) is 6.26 Å². The third kappa shape index (κ3) is 3.53. The minimum absolute atomic E-state index is 0.228. The second-order valence-corrected chi connectivity index (χ2v) is 7.31. The lowest BCUT2D eigenvalue weighted by Crippen LogP contribution is -2.34. The Morgan fingerprint density at radius 2 is 1.79 bits per heavy atom. The average molecular weight is 391 g/mol. The molecule has 1 aromatic heterocycles. The van der Waals surface area contributed by atoms with Crippen LogP contribution in [0.4, 0.5) is 5.69 Å². The topological polar surface area (TPSA) is 69.9 Å². The average Bonchev–Trinajstić information content (AvgIpc) is 3.47. The molecule has 0 radical (unpaired) electrons. The summed E-state index contributed by atoms with van der Waals surface area (Å²) in [5, 5.41) is 2.87. The quantitative estimate of drug-likeness (QED) is 0.651. The molecular weight excluding hydrogens is 370 g/mol. The van der Waals surface area contributed by atoms with Crippen molar-refractivity contribution in [3.05, 3.63) is 72.2 Å². The van der Waals surface area contributed by atoms with Gasteiger partial charge in [0, 0.05) is 30.2 Å². The Morgan fingerprint density at radius 1 is 1.00 bits per heavy atom. The predicted molar refractivity (Wildman–Crippen MR) is 106 cm³/mol. The molecule has 0 bridgehead atoms. The Kier molecular flexibility index (Phi) is 4.39. The fraction of sp³-hybridized carbons (Fsp3) is 0.261. The number of amides is 1. The first-order valence-corrected chi connectivity index (χ1v) is 9.78. The van der Waals surface area contributed by atoms with Crippen LogP contribution in [0.5, 0.6) is 17.2 Å². The molecule has 1 N–H and O–H groups in total. The van der Waals surface area contributed by atoms with E-state index in [0.29, 0.717) is 17.0 Å². The third-order valence-electron chi connectivity index (χ3n) is 5.25. The first-order valence-electron chi connectivity index (χ1n) is 9.78. The van der Waals surface area contributed by atoms with Crippen LogP contribution in [-0.2, 0) is 6.61 Å². The Hall–Kier alpha value is -3.41. The molecule has 2 heterocycles. The van der Waals surface area contributed by atoms with Crippen molar-refractivity contribution in [1.29, 1.82) is 0 Å². The Balaban J connectivity index is 1.27. The first kappa shape index (κ1) is 17.7. The Bertz CT molecular complexity index is 1020. The third-order valence-corrected chi connectivity index (χ3v) is 5.25. The predicted octanol–water partition coefficient (Wildman–Crippen LogP) is 5.15. The molecule has 1 amide bonds. The SMILES string of the molecule is O=C(Nc1ccc2c(c1)OC1(CCCC1)O2)c1occc1COc1ccccc1. The van der Waals surface area contributed by atoms with Crippen LogP contribution in [0.1, 0.15) is 41.8 Å². The molecule has 6 heteroatoms. The molecule has 5 rings (SSSR count). The molecule has 0 unspecified atom stereocenters. The Labute approximate surface area is 168 Å². The molecule has 1 spiro atoms. The maximum Gasteiger partial charge on any atom is 0.291 e. The van der Waals surface area contributed by atoms with E-state index >= 15 is 0 Å². The van der Waals surface area contributed by atoms with Gasteiger partial charge >= 0.3 is 0 Å². The lowest BCUT2D eigenvalue weighted by Gasteiger charge is -2.21. The number of carbonyl (C=O) groups excluding carboxylic acids is 1. The zero-order valence-electron chi connectivity index (χ0n) is 15.9. The molecule has 29 heavy (non-hydrogen) atoms. The number of fused-ring (bicyclic) bond motifs is 1. The molecule has 148 valence electrons. The summed E-state index contributed by atoms with van der Waals surface area (Å²) in [5.74, 6) is 1.49. The lowest BCUT2D eigenvalue weighted by molar-refractivity contribution is -0.0716. The number of benzene rings is 2. The van der Waals surface area contributed by atoms with Crippen molar-refractivity contribution in [3.8, 4) is 17.2 Å². The smallest absolute Gasteiger partial charge is 0.291 e. The van der Waals surface area contributed by atoms with E-state index in [9.17, 15) is 4.79 Å². The van der Waals surface area contributed by atoms with Gasteiger partial charge in [-0.1, -0.05) is 18.2 Å². The van der Waals surface area contributed by atoms with Gasteiger partial charge in [0.15, 0.2) is 17.3 Å². The van der Waals surface area contributed by atoms with Gasteiger partial charge < -0.3 is 23.9 Å². The van der Waals surface area contributed by atoms with E-state index in [1.807, 2.05) is 36.4 Å². The van der Waals surface area contributed by atoms with Gasteiger partial charge in [-0.05, 0) is 43.2 Å². The van der Waals surface area contributed by atoms with E-state index in [2.05, 4.69) is 5.32 Å². The van der Waals surface area contributed by atoms with Crippen molar-refractivity contribution in [1.82, 2.24) is 0 Å². The molecule has 2 aromatic carbocycles. The summed E-state index contributed by atoms with van der Waals surface area (Å²) in [4.78, 5) is 12.7. The van der Waals surface area contributed by atoms with Gasteiger partial charge in [-0.25, -0.2) is 0 Å². The maximum atomic E-state index is 12.7. The van der Waals surface area contributed by atoms with Crippen LogP contribution in [0.2, 0.25) is 0 Å². The zero-order chi connectivity index (χ0) is 19.7. The largest absolute Gasteiger partial charge is 0.489 e. The fourth-order valence-corrected chi connectivity index (χ4v) is 3.80. The number of furan rings is 1. The lowest BCUT2D eigenvalue weighted by atomic mass is 10.2. The highest BCUT2D eigenvalue weighted by Gasteiger charge is 2.44. The molecule has 0 atom stereocenters. The zero-order valence-corrected chi connectivity index (χ0v) is 15.9. The highest BCUT2D eigenvalue weighted by atomic mass is 16.7. The highest BCUT2D eigenvalue weighted by molar-refractivity contribution is 6.03. The molecule has 2 aliphatic rings. The second-order valence-electron chi connectivity index (χ2n) is 7.31. The van der Waals surface area contributed by atoms with Crippen LogP contribution in [0.15, 0.2) is 65.3 Å². The van der Waals surface area contributed by atoms with E-state index < -0.39 is 5.79 Å². The van der Waals surface area contributed by atoms with E-state index in [0.717, 1.165) is 37.2 Å².